The van der Waals surface area contributed by atoms with Gasteiger partial charge in [-0.1, -0.05) is 71.1 Å². The number of aliphatic imine (C=N–C) groups is 1. The lowest BCUT2D eigenvalue weighted by atomic mass is 10.1. The number of hydrogen-bond acceptors (Lipinski definition) is 1. The Morgan fingerprint density at radius 1 is 0.789 bits per heavy atom. The van der Waals surface area contributed by atoms with Crippen LogP contribution in [0.25, 0.3) is 0 Å². The quantitative estimate of drug-likeness (QED) is 0.491. The van der Waals surface area contributed by atoms with Gasteiger partial charge in [0.15, 0.2) is 6.34 Å². The maximum atomic E-state index is 4.28. The summed E-state index contributed by atoms with van der Waals surface area (Å²) in [5, 5.41) is 0. The van der Waals surface area contributed by atoms with Crippen molar-refractivity contribution in [2.24, 2.45) is 4.99 Å². The second-order valence-electron chi connectivity index (χ2n) is 6.08. The summed E-state index contributed by atoms with van der Waals surface area (Å²) in [7, 11) is 0. The molecule has 19 heavy (non-hydrogen) atoms. The van der Waals surface area contributed by atoms with E-state index < -0.39 is 0 Å². The maximum Gasteiger partial charge on any atom is 0.183 e. The molecule has 2 heteroatoms. The van der Waals surface area contributed by atoms with Gasteiger partial charge in [-0.2, -0.15) is 0 Å². The molecule has 0 aromatic carbocycles. The smallest absolute Gasteiger partial charge is 0.183 e. The van der Waals surface area contributed by atoms with Crippen molar-refractivity contribution in [3.8, 4) is 0 Å². The summed E-state index contributed by atoms with van der Waals surface area (Å²) < 4.78 is 0. The molecule has 0 bridgehead atoms. The van der Waals surface area contributed by atoms with Crippen LogP contribution in [0, 0.1) is 0 Å². The highest BCUT2D eigenvalue weighted by molar-refractivity contribution is 5.44. The SMILES string of the molecule is CCCCCCCCCCCCCC[NH+]1C=NCC1. The van der Waals surface area contributed by atoms with Gasteiger partial charge in [0.2, 0.25) is 0 Å². The topological polar surface area (TPSA) is 16.8 Å². The Morgan fingerprint density at radius 2 is 1.32 bits per heavy atom. The van der Waals surface area contributed by atoms with Crippen molar-refractivity contribution >= 4 is 6.34 Å². The first-order valence-electron chi connectivity index (χ1n) is 8.78. The van der Waals surface area contributed by atoms with E-state index in [-0.39, 0.29) is 0 Å². The molecule has 0 amide bonds. The van der Waals surface area contributed by atoms with Crippen LogP contribution in [0.4, 0.5) is 0 Å². The van der Waals surface area contributed by atoms with Crippen molar-refractivity contribution in [3.63, 3.8) is 0 Å². The molecule has 0 fully saturated rings. The second kappa shape index (κ2) is 12.7. The van der Waals surface area contributed by atoms with Crippen LogP contribution >= 0.6 is 0 Å². The summed E-state index contributed by atoms with van der Waals surface area (Å²) in [4.78, 5) is 5.87. The zero-order valence-electron chi connectivity index (χ0n) is 13.1. The molecule has 0 saturated carbocycles. The fourth-order valence-corrected chi connectivity index (χ4v) is 2.85. The summed E-state index contributed by atoms with van der Waals surface area (Å²) in [5.41, 5.74) is 0. The van der Waals surface area contributed by atoms with Crippen molar-refractivity contribution in [3.05, 3.63) is 0 Å². The van der Waals surface area contributed by atoms with E-state index in [1.807, 2.05) is 0 Å². The van der Waals surface area contributed by atoms with Gasteiger partial charge in [-0.15, -0.1) is 0 Å². The van der Waals surface area contributed by atoms with E-state index in [1.54, 1.807) is 4.90 Å². The van der Waals surface area contributed by atoms with Crippen LogP contribution in [0.5, 0.6) is 0 Å². The minimum atomic E-state index is 1.05. The zero-order chi connectivity index (χ0) is 13.6. The Hall–Kier alpha value is -0.370. The van der Waals surface area contributed by atoms with E-state index >= 15 is 0 Å². The lowest BCUT2D eigenvalue weighted by Crippen LogP contribution is -3.09. The molecule has 0 spiro atoms. The van der Waals surface area contributed by atoms with Crippen LogP contribution in [0.3, 0.4) is 0 Å². The number of rotatable bonds is 13. The molecule has 1 aliphatic heterocycles. The standard InChI is InChI=1S/C17H34N2/c1-2-3-4-5-6-7-8-9-10-11-12-13-15-19-16-14-18-17-19/h17H,2-16H2,1H3/p+1. The molecule has 0 saturated heterocycles. The Labute approximate surface area is 120 Å². The largest absolute Gasteiger partial charge is 0.291 e. The number of nitrogens with one attached hydrogen (secondary N) is 1. The van der Waals surface area contributed by atoms with E-state index in [0.717, 1.165) is 6.54 Å². The molecule has 1 atom stereocenters. The molecular formula is C17H35N2+. The molecule has 112 valence electrons. The molecule has 1 aliphatic rings. The maximum absolute atomic E-state index is 4.28. The molecule has 0 aromatic rings. The molecule has 1 rings (SSSR count). The van der Waals surface area contributed by atoms with E-state index in [1.165, 1.54) is 90.1 Å². The lowest BCUT2D eigenvalue weighted by Gasteiger charge is -2.07. The van der Waals surface area contributed by atoms with E-state index in [2.05, 4.69) is 18.3 Å². The first-order valence-corrected chi connectivity index (χ1v) is 8.78. The summed E-state index contributed by atoms with van der Waals surface area (Å²) in [6, 6.07) is 0. The van der Waals surface area contributed by atoms with Gasteiger partial charge in [0.25, 0.3) is 0 Å². The third-order valence-electron chi connectivity index (χ3n) is 4.19. The van der Waals surface area contributed by atoms with Gasteiger partial charge in [-0.25, -0.2) is 4.99 Å². The number of unbranched alkanes of at least 4 members (excludes halogenated alkanes) is 11. The average molecular weight is 267 g/mol. The third-order valence-corrected chi connectivity index (χ3v) is 4.19. The Morgan fingerprint density at radius 3 is 1.79 bits per heavy atom. The minimum Gasteiger partial charge on any atom is -0.291 e. The normalized spacial score (nSPS) is 18.3. The molecular weight excluding hydrogens is 232 g/mol. The number of quaternary nitrogens is 1. The third kappa shape index (κ3) is 10.1. The average Bonchev–Trinajstić information content (AvgIpc) is 2.93. The van der Waals surface area contributed by atoms with Gasteiger partial charge in [0, 0.05) is 0 Å². The molecule has 1 unspecified atom stereocenters. The fourth-order valence-electron chi connectivity index (χ4n) is 2.85. The molecule has 1 heterocycles. The van der Waals surface area contributed by atoms with E-state index in [0.29, 0.717) is 0 Å². The van der Waals surface area contributed by atoms with E-state index in [9.17, 15) is 0 Å². The van der Waals surface area contributed by atoms with Crippen molar-refractivity contribution < 1.29 is 4.90 Å². The predicted octanol–water partition coefficient (Wildman–Crippen LogP) is 3.61. The molecule has 1 N–H and O–H groups in total. The van der Waals surface area contributed by atoms with Gasteiger partial charge >= 0.3 is 0 Å². The summed E-state index contributed by atoms with van der Waals surface area (Å²) in [6.45, 7) is 5.88. The summed E-state index contributed by atoms with van der Waals surface area (Å²) in [6.07, 6.45) is 19.4. The van der Waals surface area contributed by atoms with E-state index in [4.69, 9.17) is 0 Å². The second-order valence-corrected chi connectivity index (χ2v) is 6.08. The highest BCUT2D eigenvalue weighted by Gasteiger charge is 2.08. The monoisotopic (exact) mass is 267 g/mol. The first kappa shape index (κ1) is 16.7. The minimum absolute atomic E-state index is 1.05. The van der Waals surface area contributed by atoms with Crippen LogP contribution in [-0.2, 0) is 0 Å². The molecule has 0 aliphatic carbocycles. The number of hydrogen-bond donors (Lipinski definition) is 1. The Kier molecular flexibility index (Phi) is 11.1. The zero-order valence-corrected chi connectivity index (χ0v) is 13.1. The predicted molar refractivity (Wildman–Crippen MR) is 85.1 cm³/mol. The first-order chi connectivity index (χ1) is 9.43. The van der Waals surface area contributed by atoms with Gasteiger partial charge in [-0.05, 0) is 12.8 Å². The summed E-state index contributed by atoms with van der Waals surface area (Å²) in [5.74, 6) is 0. The lowest BCUT2D eigenvalue weighted by molar-refractivity contribution is -0.791. The van der Waals surface area contributed by atoms with Crippen LogP contribution in [-0.4, -0.2) is 26.0 Å². The van der Waals surface area contributed by atoms with Crippen molar-refractivity contribution in [2.75, 3.05) is 19.6 Å². The summed E-state index contributed by atoms with van der Waals surface area (Å²) >= 11 is 0. The Bertz CT molecular complexity index is 213. The van der Waals surface area contributed by atoms with Gasteiger partial charge < -0.3 is 0 Å². The highest BCUT2D eigenvalue weighted by Crippen LogP contribution is 2.11. The van der Waals surface area contributed by atoms with Crippen LogP contribution in [0.1, 0.15) is 84.0 Å². The van der Waals surface area contributed by atoms with Crippen LogP contribution in [0.2, 0.25) is 0 Å². The number of nitrogens with zero attached hydrogens (tertiary/aromatic N) is 1. The van der Waals surface area contributed by atoms with Crippen molar-refractivity contribution in [1.29, 1.82) is 0 Å². The van der Waals surface area contributed by atoms with Crippen molar-refractivity contribution in [2.45, 2.75) is 84.0 Å². The van der Waals surface area contributed by atoms with Gasteiger partial charge in [0.05, 0.1) is 13.1 Å². The molecule has 0 radical (unpaired) electrons. The molecule has 2 nitrogen and oxygen atoms in total. The molecule has 0 aromatic heterocycles. The van der Waals surface area contributed by atoms with Crippen LogP contribution in [0.15, 0.2) is 4.99 Å². The highest BCUT2D eigenvalue weighted by atomic mass is 15.2. The van der Waals surface area contributed by atoms with Gasteiger partial charge in [0.1, 0.15) is 6.54 Å². The van der Waals surface area contributed by atoms with Crippen molar-refractivity contribution in [1.82, 2.24) is 0 Å². The van der Waals surface area contributed by atoms with Gasteiger partial charge in [-0.3, -0.25) is 4.90 Å². The Balaban J connectivity index is 1.68. The fraction of sp³-hybridized carbons (Fsp3) is 0.941. The van der Waals surface area contributed by atoms with Crippen LogP contribution < -0.4 is 4.90 Å².